The lowest BCUT2D eigenvalue weighted by Gasteiger charge is -2.24. The standard InChI is InChI=1S/C14H14N2O6/c1-15-5-9(17)20-6-10(18)21-11-7-3-8-12(11)22-13(19)14(8,4-7)16-2/h1-2,7-8,11-12H,3-6H2/q+2. The molecule has 8 nitrogen and oxygen atoms in total. The first-order valence-electron chi connectivity index (χ1n) is 6.87. The average molecular weight is 306 g/mol. The van der Waals surface area contributed by atoms with Crippen molar-refractivity contribution in [2.24, 2.45) is 11.8 Å². The van der Waals surface area contributed by atoms with Gasteiger partial charge in [-0.1, -0.05) is 9.69 Å². The van der Waals surface area contributed by atoms with Gasteiger partial charge in [0.1, 0.15) is 6.10 Å². The minimum absolute atomic E-state index is 0.0348. The number of esters is 3. The molecule has 3 aliphatic rings. The van der Waals surface area contributed by atoms with Crippen molar-refractivity contribution in [1.29, 1.82) is 0 Å². The van der Waals surface area contributed by atoms with Crippen LogP contribution in [-0.4, -0.2) is 48.8 Å². The number of rotatable bonds is 4. The second kappa shape index (κ2) is 4.99. The molecule has 0 N–H and O–H groups in total. The van der Waals surface area contributed by atoms with E-state index in [-0.39, 0.29) is 18.4 Å². The largest absolute Gasteiger partial charge is 0.456 e. The molecule has 1 saturated heterocycles. The monoisotopic (exact) mass is 306 g/mol. The molecule has 114 valence electrons. The van der Waals surface area contributed by atoms with Crippen molar-refractivity contribution in [2.75, 3.05) is 13.2 Å². The Morgan fingerprint density at radius 1 is 1.36 bits per heavy atom. The van der Waals surface area contributed by atoms with Crippen LogP contribution in [0.3, 0.4) is 0 Å². The van der Waals surface area contributed by atoms with Gasteiger partial charge in [0, 0.05) is 12.3 Å². The van der Waals surface area contributed by atoms with Crippen LogP contribution < -0.4 is 0 Å². The molecule has 0 spiro atoms. The Labute approximate surface area is 125 Å². The highest BCUT2D eigenvalue weighted by Gasteiger charge is 2.79. The smallest absolute Gasteiger partial charge is 0.398 e. The molecule has 0 aromatic rings. The summed E-state index contributed by atoms with van der Waals surface area (Å²) >= 11 is 0. The molecule has 2 aliphatic carbocycles. The Hall–Kier alpha value is -2.61. The van der Waals surface area contributed by atoms with Crippen molar-refractivity contribution in [3.63, 3.8) is 0 Å². The van der Waals surface area contributed by atoms with E-state index in [9.17, 15) is 14.4 Å². The number of nitrogens with zero attached hydrogens (tertiary/aromatic N) is 2. The molecule has 5 unspecified atom stereocenters. The molecule has 0 aromatic carbocycles. The van der Waals surface area contributed by atoms with Crippen LogP contribution >= 0.6 is 0 Å². The average Bonchev–Trinajstić information content (AvgIpc) is 3.07. The maximum atomic E-state index is 11.9. The molecule has 1 heterocycles. The summed E-state index contributed by atoms with van der Waals surface area (Å²) in [6.45, 7) is 9.34. The van der Waals surface area contributed by atoms with Crippen molar-refractivity contribution in [3.8, 4) is 13.1 Å². The van der Waals surface area contributed by atoms with E-state index in [0.717, 1.165) is 0 Å². The summed E-state index contributed by atoms with van der Waals surface area (Å²) in [5, 5.41) is 0. The first-order chi connectivity index (χ1) is 10.5. The highest BCUT2D eigenvalue weighted by Crippen LogP contribution is 2.59. The molecule has 3 rings (SSSR count). The second-order valence-corrected chi connectivity index (χ2v) is 5.69. The normalized spacial score (nSPS) is 37.1. The lowest BCUT2D eigenvalue weighted by atomic mass is 9.81. The number of hydrogen-bond donors (Lipinski definition) is 0. The van der Waals surface area contributed by atoms with Crippen LogP contribution in [0, 0.1) is 25.0 Å². The van der Waals surface area contributed by atoms with Gasteiger partial charge >= 0.3 is 30.0 Å². The Balaban J connectivity index is 1.59. The van der Waals surface area contributed by atoms with Crippen LogP contribution in [-0.2, 0) is 28.6 Å². The van der Waals surface area contributed by atoms with E-state index in [2.05, 4.69) is 14.4 Å². The van der Waals surface area contributed by atoms with Gasteiger partial charge < -0.3 is 14.2 Å². The summed E-state index contributed by atoms with van der Waals surface area (Å²) in [5.74, 6) is -2.08. The molecule has 5 atom stereocenters. The molecule has 2 bridgehead atoms. The van der Waals surface area contributed by atoms with Crippen LogP contribution in [0.1, 0.15) is 12.8 Å². The summed E-state index contributed by atoms with van der Waals surface area (Å²) in [4.78, 5) is 41.6. The van der Waals surface area contributed by atoms with E-state index in [1.165, 1.54) is 0 Å². The third kappa shape index (κ3) is 1.92. The highest BCUT2D eigenvalue weighted by molar-refractivity contribution is 5.88. The Morgan fingerprint density at radius 2 is 2.14 bits per heavy atom. The van der Waals surface area contributed by atoms with Crippen LogP contribution in [0.25, 0.3) is 9.69 Å². The van der Waals surface area contributed by atoms with Gasteiger partial charge in [-0.25, -0.2) is 14.4 Å². The molecule has 8 heteroatoms. The predicted octanol–water partition coefficient (Wildman–Crippen LogP) is 0.0708. The predicted molar refractivity (Wildman–Crippen MR) is 71.1 cm³/mol. The minimum atomic E-state index is -0.979. The van der Waals surface area contributed by atoms with E-state index in [4.69, 9.17) is 22.6 Å². The third-order valence-electron chi connectivity index (χ3n) is 4.59. The van der Waals surface area contributed by atoms with Gasteiger partial charge in [-0.15, -0.1) is 0 Å². The lowest BCUT2D eigenvalue weighted by Crippen LogP contribution is -2.43. The van der Waals surface area contributed by atoms with Gasteiger partial charge in [-0.3, -0.25) is 0 Å². The molecule has 22 heavy (non-hydrogen) atoms. The molecule has 3 fully saturated rings. The van der Waals surface area contributed by atoms with Gasteiger partial charge in [0.05, 0.1) is 5.92 Å². The van der Waals surface area contributed by atoms with Gasteiger partial charge in [-0.2, -0.15) is 0 Å². The van der Waals surface area contributed by atoms with E-state index in [1.54, 1.807) is 0 Å². The zero-order valence-corrected chi connectivity index (χ0v) is 11.6. The second-order valence-electron chi connectivity index (χ2n) is 5.69. The van der Waals surface area contributed by atoms with Crippen LogP contribution in [0.15, 0.2) is 0 Å². The van der Waals surface area contributed by atoms with Crippen molar-refractivity contribution in [3.05, 3.63) is 9.69 Å². The SMILES string of the molecule is C#[N+]CC(=O)OCC(=O)OC1C2CC3C1OC(=O)C3([N+]#C)C2. The van der Waals surface area contributed by atoms with Crippen molar-refractivity contribution < 1.29 is 28.6 Å². The number of carbonyl (C=O) groups is 3. The number of ether oxygens (including phenoxy) is 3. The van der Waals surface area contributed by atoms with E-state index < -0.39 is 42.3 Å². The fraction of sp³-hybridized carbons (Fsp3) is 0.643. The minimum Gasteiger partial charge on any atom is -0.456 e. The Kier molecular flexibility index (Phi) is 3.25. The number of fused-ring (bicyclic) bond motifs is 1. The highest BCUT2D eigenvalue weighted by atomic mass is 16.6. The third-order valence-corrected chi connectivity index (χ3v) is 4.59. The van der Waals surface area contributed by atoms with Gasteiger partial charge in [0.25, 0.3) is 13.1 Å². The van der Waals surface area contributed by atoms with Gasteiger partial charge in [-0.05, 0) is 6.42 Å². The molecule has 2 saturated carbocycles. The molecular formula is C14H14N2O6+2. The first-order valence-corrected chi connectivity index (χ1v) is 6.87. The zero-order chi connectivity index (χ0) is 15.9. The molecule has 0 radical (unpaired) electrons. The van der Waals surface area contributed by atoms with E-state index in [0.29, 0.717) is 12.8 Å². The summed E-state index contributed by atoms with van der Waals surface area (Å²) in [6.07, 6.45) is 0.00253. The van der Waals surface area contributed by atoms with Crippen LogP contribution in [0.4, 0.5) is 0 Å². The maximum absolute atomic E-state index is 11.9. The fourth-order valence-electron chi connectivity index (χ4n) is 3.73. The molecule has 0 aromatic heterocycles. The Morgan fingerprint density at radius 3 is 2.82 bits per heavy atom. The quantitative estimate of drug-likeness (QED) is 0.539. The summed E-state index contributed by atoms with van der Waals surface area (Å²) in [5.41, 5.74) is -0.979. The van der Waals surface area contributed by atoms with Gasteiger partial charge in [0.2, 0.25) is 0 Å². The summed E-state index contributed by atoms with van der Waals surface area (Å²) < 4.78 is 15.2. The van der Waals surface area contributed by atoms with Crippen molar-refractivity contribution in [1.82, 2.24) is 0 Å². The molecule has 0 amide bonds. The van der Waals surface area contributed by atoms with E-state index in [1.807, 2.05) is 0 Å². The lowest BCUT2D eigenvalue weighted by molar-refractivity contribution is -0.169. The summed E-state index contributed by atoms with van der Waals surface area (Å²) in [7, 11) is 0. The van der Waals surface area contributed by atoms with Crippen molar-refractivity contribution >= 4 is 17.9 Å². The van der Waals surface area contributed by atoms with Gasteiger partial charge in [0.15, 0.2) is 12.7 Å². The molecular weight excluding hydrogens is 292 g/mol. The molecule has 1 aliphatic heterocycles. The zero-order valence-electron chi connectivity index (χ0n) is 11.6. The topological polar surface area (TPSA) is 87.6 Å². The van der Waals surface area contributed by atoms with Crippen LogP contribution in [0.5, 0.6) is 0 Å². The summed E-state index contributed by atoms with van der Waals surface area (Å²) in [6, 6.07) is 0. The first kappa shape index (κ1) is 14.3. The van der Waals surface area contributed by atoms with Crippen LogP contribution in [0.2, 0.25) is 0 Å². The Bertz CT molecular complexity index is 632. The van der Waals surface area contributed by atoms with E-state index >= 15 is 0 Å². The maximum Gasteiger partial charge on any atom is 0.398 e. The number of hydrogen-bond acceptors (Lipinski definition) is 6. The number of carbonyl (C=O) groups excluding carboxylic acids is 3. The fourth-order valence-corrected chi connectivity index (χ4v) is 3.73. The van der Waals surface area contributed by atoms with Crippen molar-refractivity contribution in [2.45, 2.75) is 30.6 Å².